The molecule has 0 spiro atoms. The number of hydrogen-bond acceptors (Lipinski definition) is 2. The zero-order valence-electron chi connectivity index (χ0n) is 8.48. The van der Waals surface area contributed by atoms with Crippen LogP contribution in [0, 0.1) is 5.82 Å². The zero-order chi connectivity index (χ0) is 12.6. The van der Waals surface area contributed by atoms with Crippen molar-refractivity contribution in [2.75, 3.05) is 6.61 Å². The fourth-order valence-electron chi connectivity index (χ4n) is 1.17. The van der Waals surface area contributed by atoms with Crippen LogP contribution in [-0.4, -0.2) is 11.7 Å². The average Bonchev–Trinajstić information content (AvgIpc) is 2.15. The first-order valence-electron chi connectivity index (χ1n) is 4.45. The van der Waals surface area contributed by atoms with Gasteiger partial charge in [-0.2, -0.15) is 13.2 Å². The van der Waals surface area contributed by atoms with E-state index < -0.39 is 29.7 Å². The number of alkyl halides is 3. The minimum atomic E-state index is -4.64. The molecule has 6 heteroatoms. The van der Waals surface area contributed by atoms with E-state index in [2.05, 4.69) is 0 Å². The molecule has 1 rings (SSSR count). The van der Waals surface area contributed by atoms with Gasteiger partial charge in [0.2, 0.25) is 0 Å². The number of nitrogens with two attached hydrogens (primary N) is 1. The van der Waals surface area contributed by atoms with Gasteiger partial charge in [-0.15, -0.1) is 0 Å². The summed E-state index contributed by atoms with van der Waals surface area (Å²) in [4.78, 5) is 0. The Morgan fingerprint density at radius 3 is 2.12 bits per heavy atom. The number of benzene rings is 1. The predicted molar refractivity (Wildman–Crippen MR) is 50.0 cm³/mol. The highest BCUT2D eigenvalue weighted by Gasteiger charge is 2.33. The van der Waals surface area contributed by atoms with Gasteiger partial charge >= 0.3 is 6.18 Å². The Balaban J connectivity index is 3.29. The maximum Gasteiger partial charge on any atom is 0.416 e. The molecule has 0 saturated heterocycles. The minimum Gasteiger partial charge on any atom is -0.394 e. The molecule has 0 aliphatic heterocycles. The van der Waals surface area contributed by atoms with Crippen molar-refractivity contribution >= 4 is 0 Å². The summed E-state index contributed by atoms with van der Waals surface area (Å²) >= 11 is 0. The van der Waals surface area contributed by atoms with E-state index in [1.165, 1.54) is 6.92 Å². The Hall–Kier alpha value is -1.14. The lowest BCUT2D eigenvalue weighted by atomic mass is 9.92. The maximum absolute atomic E-state index is 13.0. The van der Waals surface area contributed by atoms with E-state index in [4.69, 9.17) is 10.8 Å². The van der Waals surface area contributed by atoms with E-state index in [9.17, 15) is 17.6 Å². The second-order valence-electron chi connectivity index (χ2n) is 3.80. The van der Waals surface area contributed by atoms with Crippen molar-refractivity contribution in [3.8, 4) is 0 Å². The fraction of sp³-hybridized carbons (Fsp3) is 0.400. The van der Waals surface area contributed by atoms with E-state index in [1.807, 2.05) is 0 Å². The van der Waals surface area contributed by atoms with Crippen molar-refractivity contribution in [1.82, 2.24) is 0 Å². The van der Waals surface area contributed by atoms with Crippen molar-refractivity contribution in [1.29, 1.82) is 0 Å². The fourth-order valence-corrected chi connectivity index (χ4v) is 1.17. The van der Waals surface area contributed by atoms with Crippen LogP contribution in [0.4, 0.5) is 17.6 Å². The molecule has 1 aromatic carbocycles. The standard InChI is InChI=1S/C10H11F4NO/c1-9(15,5-16)6-2-7(10(12,13)14)4-8(11)3-6/h2-4,16H,5,15H2,1H3. The third-order valence-electron chi connectivity index (χ3n) is 2.21. The maximum atomic E-state index is 13.0. The Labute approximate surface area is 89.7 Å². The second-order valence-corrected chi connectivity index (χ2v) is 3.80. The molecule has 0 aromatic heterocycles. The smallest absolute Gasteiger partial charge is 0.394 e. The number of aliphatic hydroxyl groups is 1. The largest absolute Gasteiger partial charge is 0.416 e. The Morgan fingerprint density at radius 2 is 1.69 bits per heavy atom. The van der Waals surface area contributed by atoms with Crippen LogP contribution in [-0.2, 0) is 11.7 Å². The molecule has 3 N–H and O–H groups in total. The van der Waals surface area contributed by atoms with Crippen LogP contribution >= 0.6 is 0 Å². The van der Waals surface area contributed by atoms with Crippen molar-refractivity contribution in [2.45, 2.75) is 18.6 Å². The first kappa shape index (κ1) is 12.9. The van der Waals surface area contributed by atoms with Crippen LogP contribution in [0.15, 0.2) is 18.2 Å². The van der Waals surface area contributed by atoms with E-state index in [0.717, 1.165) is 12.1 Å². The summed E-state index contributed by atoms with van der Waals surface area (Å²) in [6, 6.07) is 2.00. The number of halogens is 4. The Kier molecular flexibility index (Phi) is 3.25. The SMILES string of the molecule is CC(N)(CO)c1cc(F)cc(C(F)(F)F)c1. The molecule has 0 heterocycles. The van der Waals surface area contributed by atoms with E-state index in [-0.39, 0.29) is 5.56 Å². The summed E-state index contributed by atoms with van der Waals surface area (Å²) in [6.07, 6.45) is -4.64. The van der Waals surface area contributed by atoms with Gasteiger partial charge in [0, 0.05) is 0 Å². The van der Waals surface area contributed by atoms with Crippen LogP contribution in [0.2, 0.25) is 0 Å². The average molecular weight is 237 g/mol. The molecule has 1 aromatic rings. The highest BCUT2D eigenvalue weighted by molar-refractivity contribution is 5.31. The third-order valence-corrected chi connectivity index (χ3v) is 2.21. The lowest BCUT2D eigenvalue weighted by Gasteiger charge is -2.23. The summed E-state index contributed by atoms with van der Waals surface area (Å²) in [5.41, 5.74) is 2.92. The third kappa shape index (κ3) is 2.70. The molecule has 0 fully saturated rings. The molecule has 0 aliphatic rings. The molecular weight excluding hydrogens is 226 g/mol. The molecular formula is C10H11F4NO. The molecule has 0 aliphatic carbocycles. The van der Waals surface area contributed by atoms with Crippen LogP contribution in [0.25, 0.3) is 0 Å². The van der Waals surface area contributed by atoms with Gasteiger partial charge in [0.05, 0.1) is 17.7 Å². The quantitative estimate of drug-likeness (QED) is 0.773. The van der Waals surface area contributed by atoms with Gasteiger partial charge in [-0.1, -0.05) is 0 Å². The van der Waals surface area contributed by atoms with Gasteiger partial charge in [0.25, 0.3) is 0 Å². The van der Waals surface area contributed by atoms with Gasteiger partial charge in [-0.3, -0.25) is 0 Å². The van der Waals surface area contributed by atoms with Gasteiger partial charge in [-0.05, 0) is 30.7 Å². The van der Waals surface area contributed by atoms with Crippen molar-refractivity contribution in [3.05, 3.63) is 35.1 Å². The molecule has 0 radical (unpaired) electrons. The summed E-state index contributed by atoms with van der Waals surface area (Å²) in [6.45, 7) is 0.746. The summed E-state index contributed by atoms with van der Waals surface area (Å²) in [5.74, 6) is -1.03. The van der Waals surface area contributed by atoms with E-state index in [1.54, 1.807) is 0 Å². The normalized spacial score (nSPS) is 15.9. The number of hydrogen-bond donors (Lipinski definition) is 2. The van der Waals surface area contributed by atoms with Crippen LogP contribution in [0.5, 0.6) is 0 Å². The summed E-state index contributed by atoms with van der Waals surface area (Å²) < 4.78 is 50.1. The van der Waals surface area contributed by atoms with Crippen molar-refractivity contribution < 1.29 is 22.7 Å². The number of aliphatic hydroxyl groups excluding tert-OH is 1. The van der Waals surface area contributed by atoms with E-state index in [0.29, 0.717) is 6.07 Å². The minimum absolute atomic E-state index is 0.0951. The molecule has 16 heavy (non-hydrogen) atoms. The van der Waals surface area contributed by atoms with Gasteiger partial charge in [0.15, 0.2) is 0 Å². The van der Waals surface area contributed by atoms with Crippen LogP contribution < -0.4 is 5.73 Å². The van der Waals surface area contributed by atoms with E-state index >= 15 is 0 Å². The summed E-state index contributed by atoms with van der Waals surface area (Å²) in [7, 11) is 0. The zero-order valence-corrected chi connectivity index (χ0v) is 8.48. The van der Waals surface area contributed by atoms with Crippen molar-refractivity contribution in [3.63, 3.8) is 0 Å². The number of rotatable bonds is 2. The topological polar surface area (TPSA) is 46.2 Å². The Morgan fingerprint density at radius 1 is 1.19 bits per heavy atom. The van der Waals surface area contributed by atoms with Crippen LogP contribution in [0.1, 0.15) is 18.1 Å². The highest BCUT2D eigenvalue weighted by Crippen LogP contribution is 2.32. The molecule has 1 unspecified atom stereocenters. The van der Waals surface area contributed by atoms with Crippen LogP contribution in [0.3, 0.4) is 0 Å². The lowest BCUT2D eigenvalue weighted by molar-refractivity contribution is -0.137. The Bertz CT molecular complexity index is 387. The molecule has 0 bridgehead atoms. The molecule has 90 valence electrons. The second kappa shape index (κ2) is 4.03. The molecule has 1 atom stereocenters. The monoisotopic (exact) mass is 237 g/mol. The van der Waals surface area contributed by atoms with Gasteiger partial charge < -0.3 is 10.8 Å². The summed E-state index contributed by atoms with van der Waals surface area (Å²) in [5, 5.41) is 8.90. The van der Waals surface area contributed by atoms with Gasteiger partial charge in [0.1, 0.15) is 5.82 Å². The molecule has 0 saturated carbocycles. The lowest BCUT2D eigenvalue weighted by Crippen LogP contribution is -2.37. The molecule has 2 nitrogen and oxygen atoms in total. The first-order valence-corrected chi connectivity index (χ1v) is 4.45. The first-order chi connectivity index (χ1) is 7.16. The van der Waals surface area contributed by atoms with Crippen molar-refractivity contribution in [2.24, 2.45) is 5.73 Å². The highest BCUT2D eigenvalue weighted by atomic mass is 19.4. The van der Waals surface area contributed by atoms with Gasteiger partial charge in [-0.25, -0.2) is 4.39 Å². The molecule has 0 amide bonds. The predicted octanol–water partition coefficient (Wildman–Crippen LogP) is 2.01.